The molecule has 58 valence electrons. The molecule has 1 aliphatic carbocycles. The molecule has 0 radical (unpaired) electrons. The molecule has 0 aliphatic heterocycles. The molecule has 11 heavy (non-hydrogen) atoms. The van der Waals surface area contributed by atoms with Crippen molar-refractivity contribution in [3.8, 4) is 0 Å². The van der Waals surface area contributed by atoms with Crippen LogP contribution in [-0.4, -0.2) is 5.78 Å². The van der Waals surface area contributed by atoms with E-state index >= 15 is 0 Å². The summed E-state index contributed by atoms with van der Waals surface area (Å²) in [5.74, 6) is 0.348. The van der Waals surface area contributed by atoms with Gasteiger partial charge in [0.25, 0.3) is 0 Å². The van der Waals surface area contributed by atoms with E-state index in [4.69, 9.17) is 0 Å². The predicted molar refractivity (Wildman–Crippen MR) is 43.9 cm³/mol. The van der Waals surface area contributed by atoms with E-state index in [9.17, 15) is 4.79 Å². The molecule has 0 unspecified atom stereocenters. The molecule has 2 heteroatoms. The molecule has 2 rings (SSSR count). The lowest BCUT2D eigenvalue weighted by atomic mass is 10.1. The fourth-order valence-electron chi connectivity index (χ4n) is 1.39. The van der Waals surface area contributed by atoms with Crippen molar-refractivity contribution in [3.05, 3.63) is 35.4 Å². The van der Waals surface area contributed by atoms with Gasteiger partial charge in [0.2, 0.25) is 0 Å². The lowest BCUT2D eigenvalue weighted by Gasteiger charge is -1.91. The molecule has 1 aromatic rings. The van der Waals surface area contributed by atoms with Crippen LogP contribution in [0.2, 0.25) is 0 Å². The van der Waals surface area contributed by atoms with Crippen molar-refractivity contribution in [2.75, 3.05) is 0 Å². The smallest absolute Gasteiger partial charge is 0.141 e. The summed E-state index contributed by atoms with van der Waals surface area (Å²) in [6, 6.07) is 8.02. The van der Waals surface area contributed by atoms with Crippen molar-refractivity contribution >= 4 is 5.78 Å². The molecule has 0 bridgehead atoms. The summed E-state index contributed by atoms with van der Waals surface area (Å²) in [6.07, 6.45) is 1.30. The Morgan fingerprint density at radius 2 is 1.45 bits per heavy atom. The average Bonchev–Trinajstić information content (AvgIpc) is 2.27. The van der Waals surface area contributed by atoms with E-state index < -0.39 is 0 Å². The van der Waals surface area contributed by atoms with Gasteiger partial charge in [0.05, 0.1) is 0 Å². The van der Waals surface area contributed by atoms with Gasteiger partial charge in [-0.15, -0.1) is 0 Å². The number of hydrogen-bond donors (Lipinski definition) is 1. The van der Waals surface area contributed by atoms with Gasteiger partial charge in [0.15, 0.2) is 0 Å². The summed E-state index contributed by atoms with van der Waals surface area (Å²) < 4.78 is 0. The zero-order valence-corrected chi connectivity index (χ0v) is 6.34. The maximum Gasteiger partial charge on any atom is 0.141 e. The van der Waals surface area contributed by atoms with Crippen LogP contribution in [0, 0.1) is 0 Å². The lowest BCUT2D eigenvalue weighted by molar-refractivity contribution is -0.117. The minimum absolute atomic E-state index is 0. The zero-order valence-electron chi connectivity index (χ0n) is 6.34. The van der Waals surface area contributed by atoms with Gasteiger partial charge in [0.1, 0.15) is 5.78 Å². The summed E-state index contributed by atoms with van der Waals surface area (Å²) in [4.78, 5) is 10.9. The summed E-state index contributed by atoms with van der Waals surface area (Å²) >= 11 is 0. The molecular formula is C9H11NO. The van der Waals surface area contributed by atoms with Gasteiger partial charge in [-0.1, -0.05) is 24.3 Å². The van der Waals surface area contributed by atoms with Crippen LogP contribution in [0.3, 0.4) is 0 Å². The summed E-state index contributed by atoms with van der Waals surface area (Å²) in [5.41, 5.74) is 2.43. The number of carbonyl (C=O) groups is 1. The SMILES string of the molecule is N.O=C1Cc2ccccc2C1. The quantitative estimate of drug-likeness (QED) is 0.608. The van der Waals surface area contributed by atoms with Crippen LogP contribution in [0.15, 0.2) is 24.3 Å². The van der Waals surface area contributed by atoms with Crippen molar-refractivity contribution < 1.29 is 4.79 Å². The Labute approximate surface area is 65.8 Å². The third-order valence-corrected chi connectivity index (χ3v) is 1.89. The predicted octanol–water partition coefficient (Wildman–Crippen LogP) is 1.52. The standard InChI is InChI=1S/C9H8O.H3N/c10-9-5-7-3-1-2-4-8(7)6-9;/h1-4H,5-6H2;1H3. The van der Waals surface area contributed by atoms with Crippen molar-refractivity contribution in [3.63, 3.8) is 0 Å². The molecule has 1 aromatic carbocycles. The summed E-state index contributed by atoms with van der Waals surface area (Å²) in [7, 11) is 0. The van der Waals surface area contributed by atoms with Gasteiger partial charge >= 0.3 is 0 Å². The van der Waals surface area contributed by atoms with Crippen LogP contribution in [-0.2, 0) is 17.6 Å². The monoisotopic (exact) mass is 149 g/mol. The number of benzene rings is 1. The first-order valence-corrected chi connectivity index (χ1v) is 3.45. The van der Waals surface area contributed by atoms with E-state index in [2.05, 4.69) is 0 Å². The Bertz CT molecular complexity index is 254. The first-order valence-electron chi connectivity index (χ1n) is 3.45. The number of ketones is 1. The van der Waals surface area contributed by atoms with Crippen LogP contribution in [0.5, 0.6) is 0 Å². The second-order valence-corrected chi connectivity index (χ2v) is 2.66. The van der Waals surface area contributed by atoms with E-state index in [0.29, 0.717) is 18.6 Å². The molecular weight excluding hydrogens is 138 g/mol. The van der Waals surface area contributed by atoms with Gasteiger partial charge in [-0.25, -0.2) is 0 Å². The fourth-order valence-corrected chi connectivity index (χ4v) is 1.39. The van der Waals surface area contributed by atoms with Crippen LogP contribution in [0.4, 0.5) is 0 Å². The third-order valence-electron chi connectivity index (χ3n) is 1.89. The molecule has 1 aliphatic rings. The topological polar surface area (TPSA) is 52.1 Å². The molecule has 0 amide bonds. The second-order valence-electron chi connectivity index (χ2n) is 2.66. The number of Topliss-reactive ketones (excluding diaryl/α,β-unsaturated/α-hetero) is 1. The van der Waals surface area contributed by atoms with E-state index in [1.165, 1.54) is 11.1 Å². The summed E-state index contributed by atoms with van der Waals surface area (Å²) in [5, 5.41) is 0. The van der Waals surface area contributed by atoms with E-state index in [0.717, 1.165) is 0 Å². The molecule has 0 heterocycles. The molecule has 0 spiro atoms. The van der Waals surface area contributed by atoms with E-state index in [1.807, 2.05) is 24.3 Å². The molecule has 0 fully saturated rings. The minimum Gasteiger partial charge on any atom is -0.344 e. The molecule has 2 nitrogen and oxygen atoms in total. The van der Waals surface area contributed by atoms with Gasteiger partial charge in [-0.3, -0.25) is 4.79 Å². The van der Waals surface area contributed by atoms with Gasteiger partial charge in [-0.05, 0) is 11.1 Å². The van der Waals surface area contributed by atoms with E-state index in [1.54, 1.807) is 0 Å². The van der Waals surface area contributed by atoms with E-state index in [-0.39, 0.29) is 6.15 Å². The Morgan fingerprint density at radius 1 is 1.00 bits per heavy atom. The van der Waals surface area contributed by atoms with Crippen molar-refractivity contribution in [2.24, 2.45) is 0 Å². The highest BCUT2D eigenvalue weighted by molar-refractivity contribution is 5.87. The normalized spacial score (nSPS) is 14.0. The molecule has 0 saturated carbocycles. The first kappa shape index (κ1) is 7.95. The van der Waals surface area contributed by atoms with Crippen LogP contribution >= 0.6 is 0 Å². The molecule has 0 atom stereocenters. The zero-order chi connectivity index (χ0) is 6.97. The highest BCUT2D eigenvalue weighted by Crippen LogP contribution is 2.17. The number of rotatable bonds is 0. The number of fused-ring (bicyclic) bond motifs is 1. The number of carbonyl (C=O) groups excluding carboxylic acids is 1. The highest BCUT2D eigenvalue weighted by atomic mass is 16.1. The van der Waals surface area contributed by atoms with Gasteiger partial charge in [-0.2, -0.15) is 0 Å². The van der Waals surface area contributed by atoms with Crippen LogP contribution < -0.4 is 6.15 Å². The lowest BCUT2D eigenvalue weighted by Crippen LogP contribution is -1.92. The van der Waals surface area contributed by atoms with Crippen molar-refractivity contribution in [1.82, 2.24) is 6.15 Å². The Morgan fingerprint density at radius 3 is 1.91 bits per heavy atom. The van der Waals surface area contributed by atoms with Gasteiger partial charge < -0.3 is 6.15 Å². The van der Waals surface area contributed by atoms with Crippen LogP contribution in [0.25, 0.3) is 0 Å². The second kappa shape index (κ2) is 2.84. The van der Waals surface area contributed by atoms with Crippen molar-refractivity contribution in [1.29, 1.82) is 0 Å². The Hall–Kier alpha value is -1.15. The maximum atomic E-state index is 10.9. The van der Waals surface area contributed by atoms with Gasteiger partial charge in [0, 0.05) is 12.8 Å². The summed E-state index contributed by atoms with van der Waals surface area (Å²) in [6.45, 7) is 0. The molecule has 0 aromatic heterocycles. The molecule has 0 saturated heterocycles. The highest BCUT2D eigenvalue weighted by Gasteiger charge is 2.16. The Balaban J connectivity index is 0.000000605. The van der Waals surface area contributed by atoms with Crippen molar-refractivity contribution in [2.45, 2.75) is 12.8 Å². The van der Waals surface area contributed by atoms with Crippen LogP contribution in [0.1, 0.15) is 11.1 Å². The fraction of sp³-hybridized carbons (Fsp3) is 0.222. The Kier molecular flexibility index (Phi) is 2.06. The average molecular weight is 149 g/mol. The maximum absolute atomic E-state index is 10.9. The molecule has 3 N–H and O–H groups in total. The number of hydrogen-bond acceptors (Lipinski definition) is 2. The first-order chi connectivity index (χ1) is 4.86. The largest absolute Gasteiger partial charge is 0.344 e. The minimum atomic E-state index is 0. The third kappa shape index (κ3) is 1.30.